The number of thiophene rings is 1. The van der Waals surface area contributed by atoms with Crippen LogP contribution in [0.2, 0.25) is 0 Å². The van der Waals surface area contributed by atoms with E-state index in [1.165, 1.54) is 70.2 Å². The van der Waals surface area contributed by atoms with Crippen LogP contribution in [0.4, 0.5) is 0 Å². The summed E-state index contributed by atoms with van der Waals surface area (Å²) >= 11 is 1.80. The summed E-state index contributed by atoms with van der Waals surface area (Å²) in [5, 5.41) is 6.32. The van der Waals surface area contributed by atoms with Crippen LogP contribution in [-0.4, -0.2) is 15.0 Å². The van der Waals surface area contributed by atoms with Crippen molar-refractivity contribution in [1.82, 2.24) is 15.0 Å². The Balaban J connectivity index is 0.822. The smallest absolute Gasteiger partial charge is 0.164 e. The standard InChI is InChI=1S/C70H39N3O2S/c1-6-23-55-45(16-1)46-17-2-7-24-56(46)70(55)57-25-8-3-18-47(57)48-33-30-43(39-58(48)70)41-15-11-14-40(36-41)42-31-34-60-54(37-42)66-52(22-13-28-62(66)75-60)69-72-67(44-32-35-64-53(38-44)49-19-5-10-29-63(49)76-64)71-68(73-69)51-21-12-27-61-65(51)50-20-4-9-26-59(50)74-61/h1-39H. The molecule has 0 aliphatic heterocycles. The highest BCUT2D eigenvalue weighted by molar-refractivity contribution is 7.25. The van der Waals surface area contributed by atoms with Crippen LogP contribution in [0.5, 0.6) is 0 Å². The first kappa shape index (κ1) is 41.7. The first-order valence-corrected chi connectivity index (χ1v) is 26.5. The Morgan fingerprint density at radius 1 is 0.276 bits per heavy atom. The summed E-state index contributed by atoms with van der Waals surface area (Å²) in [4.78, 5) is 16.1. The van der Waals surface area contributed by atoms with Gasteiger partial charge in [0, 0.05) is 58.4 Å². The van der Waals surface area contributed by atoms with Crippen LogP contribution >= 0.6 is 11.3 Å². The zero-order chi connectivity index (χ0) is 49.6. The van der Waals surface area contributed by atoms with Crippen molar-refractivity contribution in [3.63, 3.8) is 0 Å². The van der Waals surface area contributed by atoms with Gasteiger partial charge in [-0.1, -0.05) is 170 Å². The molecule has 15 aromatic rings. The van der Waals surface area contributed by atoms with Gasteiger partial charge in [0.15, 0.2) is 17.5 Å². The molecule has 2 aliphatic carbocycles. The van der Waals surface area contributed by atoms with E-state index in [1.54, 1.807) is 11.3 Å². The quantitative estimate of drug-likeness (QED) is 0.172. The van der Waals surface area contributed by atoms with Gasteiger partial charge >= 0.3 is 0 Å². The molecule has 0 atom stereocenters. The maximum absolute atomic E-state index is 6.69. The fourth-order valence-corrected chi connectivity index (χ4v) is 14.0. The van der Waals surface area contributed by atoms with Crippen LogP contribution in [0.3, 0.4) is 0 Å². The van der Waals surface area contributed by atoms with E-state index in [0.717, 1.165) is 77.3 Å². The Kier molecular flexibility index (Phi) is 8.58. The van der Waals surface area contributed by atoms with Crippen LogP contribution < -0.4 is 0 Å². The minimum atomic E-state index is -0.411. The van der Waals surface area contributed by atoms with Crippen molar-refractivity contribution in [2.75, 3.05) is 0 Å². The number of rotatable bonds is 5. The van der Waals surface area contributed by atoms with E-state index in [9.17, 15) is 0 Å². The topological polar surface area (TPSA) is 65.0 Å². The van der Waals surface area contributed by atoms with Gasteiger partial charge in [-0.3, -0.25) is 0 Å². The van der Waals surface area contributed by atoms with Crippen LogP contribution in [0.25, 0.3) is 143 Å². The van der Waals surface area contributed by atoms with E-state index in [0.29, 0.717) is 17.5 Å². The second-order valence-electron chi connectivity index (χ2n) is 20.1. The lowest BCUT2D eigenvalue weighted by Gasteiger charge is -2.30. The van der Waals surface area contributed by atoms with E-state index in [4.69, 9.17) is 23.8 Å². The lowest BCUT2D eigenvalue weighted by atomic mass is 9.70. The van der Waals surface area contributed by atoms with Crippen LogP contribution in [0, 0.1) is 0 Å². The van der Waals surface area contributed by atoms with Crippen molar-refractivity contribution in [1.29, 1.82) is 0 Å². The van der Waals surface area contributed by atoms with E-state index in [-0.39, 0.29) is 0 Å². The third kappa shape index (κ3) is 5.81. The van der Waals surface area contributed by atoms with Crippen molar-refractivity contribution < 1.29 is 8.83 Å². The second kappa shape index (κ2) is 15.6. The molecule has 0 saturated heterocycles. The van der Waals surface area contributed by atoms with Gasteiger partial charge in [-0.25, -0.2) is 15.0 Å². The summed E-state index contributed by atoms with van der Waals surface area (Å²) < 4.78 is 15.5. The highest BCUT2D eigenvalue weighted by atomic mass is 32.1. The Morgan fingerprint density at radius 3 is 1.43 bits per heavy atom. The molecule has 4 heterocycles. The van der Waals surface area contributed by atoms with Gasteiger partial charge in [-0.15, -0.1) is 11.3 Å². The number of para-hydroxylation sites is 1. The molecule has 76 heavy (non-hydrogen) atoms. The Hall–Kier alpha value is -9.75. The fourth-order valence-electron chi connectivity index (χ4n) is 12.9. The molecule has 5 nitrogen and oxygen atoms in total. The minimum Gasteiger partial charge on any atom is -0.456 e. The van der Waals surface area contributed by atoms with Crippen LogP contribution in [0.1, 0.15) is 22.3 Å². The molecule has 11 aromatic carbocycles. The predicted molar refractivity (Wildman–Crippen MR) is 311 cm³/mol. The number of furan rings is 2. The molecular weight excluding hydrogens is 947 g/mol. The number of nitrogens with zero attached hydrogens (tertiary/aromatic N) is 3. The van der Waals surface area contributed by atoms with Gasteiger partial charge in [0.25, 0.3) is 0 Å². The fraction of sp³-hybridized carbons (Fsp3) is 0.0143. The zero-order valence-electron chi connectivity index (χ0n) is 40.6. The van der Waals surface area contributed by atoms with Crippen molar-refractivity contribution in [3.8, 4) is 78.7 Å². The molecule has 0 N–H and O–H groups in total. The van der Waals surface area contributed by atoms with Crippen LogP contribution in [0.15, 0.2) is 245 Å². The van der Waals surface area contributed by atoms with E-state index >= 15 is 0 Å². The van der Waals surface area contributed by atoms with Crippen LogP contribution in [-0.2, 0) is 5.41 Å². The van der Waals surface area contributed by atoms with Gasteiger partial charge < -0.3 is 8.83 Å². The Bertz CT molecular complexity index is 4920. The van der Waals surface area contributed by atoms with Crippen molar-refractivity contribution in [2.24, 2.45) is 0 Å². The maximum atomic E-state index is 6.69. The number of fused-ring (bicyclic) bond motifs is 19. The maximum Gasteiger partial charge on any atom is 0.164 e. The first-order chi connectivity index (χ1) is 37.6. The van der Waals surface area contributed by atoms with Gasteiger partial charge in [-0.05, 0) is 133 Å². The molecule has 0 radical (unpaired) electrons. The molecule has 17 rings (SSSR count). The lowest BCUT2D eigenvalue weighted by Crippen LogP contribution is -2.25. The average molecular weight is 986 g/mol. The van der Waals surface area contributed by atoms with Gasteiger partial charge in [0.2, 0.25) is 0 Å². The summed E-state index contributed by atoms with van der Waals surface area (Å²) in [5.41, 5.74) is 20.5. The summed E-state index contributed by atoms with van der Waals surface area (Å²) in [6.07, 6.45) is 0. The van der Waals surface area contributed by atoms with Crippen molar-refractivity contribution in [2.45, 2.75) is 5.41 Å². The van der Waals surface area contributed by atoms with Gasteiger partial charge in [0.05, 0.1) is 5.41 Å². The predicted octanol–water partition coefficient (Wildman–Crippen LogP) is 18.7. The minimum absolute atomic E-state index is 0.411. The molecule has 0 amide bonds. The molecule has 6 heteroatoms. The number of benzene rings is 11. The second-order valence-corrected chi connectivity index (χ2v) is 21.2. The van der Waals surface area contributed by atoms with Crippen molar-refractivity contribution >= 4 is 75.4 Å². The third-order valence-corrected chi connectivity index (χ3v) is 17.3. The van der Waals surface area contributed by atoms with Gasteiger partial charge in [0.1, 0.15) is 22.3 Å². The molecule has 0 saturated carbocycles. The molecule has 0 bridgehead atoms. The van der Waals surface area contributed by atoms with Crippen molar-refractivity contribution in [3.05, 3.63) is 259 Å². The van der Waals surface area contributed by atoms with Gasteiger partial charge in [-0.2, -0.15) is 0 Å². The monoisotopic (exact) mass is 985 g/mol. The molecule has 0 fully saturated rings. The zero-order valence-corrected chi connectivity index (χ0v) is 41.4. The highest BCUT2D eigenvalue weighted by Crippen LogP contribution is 2.63. The first-order valence-electron chi connectivity index (χ1n) is 25.7. The van der Waals surface area contributed by atoms with E-state index in [2.05, 4.69) is 194 Å². The number of hydrogen-bond acceptors (Lipinski definition) is 6. The Labute approximate surface area is 439 Å². The average Bonchev–Trinajstić information content (AvgIpc) is 4.30. The Morgan fingerprint density at radius 2 is 0.737 bits per heavy atom. The summed E-state index contributed by atoms with van der Waals surface area (Å²) in [7, 11) is 0. The normalized spacial score (nSPS) is 13.1. The molecule has 352 valence electrons. The highest BCUT2D eigenvalue weighted by Gasteiger charge is 2.51. The SMILES string of the molecule is c1cc(-c2ccc3c(c2)C2(c4ccccc4-c4ccccc42)c2ccccc2-3)cc(-c2ccc3oc4cccc(-c5nc(-c6ccc7sc8ccccc8c7c6)nc(-c6cccc7oc8ccccc8c67)n5)c4c3c2)c1. The number of hydrogen-bond donors (Lipinski definition) is 0. The lowest BCUT2D eigenvalue weighted by molar-refractivity contribution is 0.668. The summed E-state index contributed by atoms with van der Waals surface area (Å²) in [6, 6.07) is 85.1. The summed E-state index contributed by atoms with van der Waals surface area (Å²) in [6.45, 7) is 0. The molecule has 4 aromatic heterocycles. The van der Waals surface area contributed by atoms with E-state index in [1.807, 2.05) is 42.5 Å². The summed E-state index contributed by atoms with van der Waals surface area (Å²) in [5.74, 6) is 1.72. The molecule has 1 spiro atoms. The molecule has 0 unspecified atom stereocenters. The largest absolute Gasteiger partial charge is 0.456 e. The van der Waals surface area contributed by atoms with E-state index < -0.39 is 5.41 Å². The number of aromatic nitrogens is 3. The third-order valence-electron chi connectivity index (χ3n) is 16.2. The molecular formula is C70H39N3O2S. The molecule has 2 aliphatic rings.